The van der Waals surface area contributed by atoms with Crippen LogP contribution in [0.3, 0.4) is 0 Å². The number of aryl methyl sites for hydroxylation is 1. The van der Waals surface area contributed by atoms with E-state index in [1.165, 1.54) is 12.1 Å². The van der Waals surface area contributed by atoms with Gasteiger partial charge in [-0.1, -0.05) is 29.5 Å². The number of carbonyl (C=O) groups is 1. The van der Waals surface area contributed by atoms with Gasteiger partial charge in [0.1, 0.15) is 10.1 Å². The Balaban J connectivity index is 0.000000208. The van der Waals surface area contributed by atoms with Crippen molar-refractivity contribution < 1.29 is 22.3 Å². The van der Waals surface area contributed by atoms with Crippen LogP contribution < -0.4 is 0 Å². The Bertz CT molecular complexity index is 877. The molecule has 0 radical (unpaired) electrons. The van der Waals surface area contributed by atoms with Crippen LogP contribution in [0.25, 0.3) is 0 Å². The molecule has 2 heterocycles. The van der Waals surface area contributed by atoms with E-state index in [4.69, 9.17) is 0 Å². The number of benzene rings is 1. The van der Waals surface area contributed by atoms with Gasteiger partial charge in [0.25, 0.3) is 4.38 Å². The largest absolute Gasteiger partial charge is 0.744 e. The summed E-state index contributed by atoms with van der Waals surface area (Å²) < 4.78 is 34.1. The smallest absolute Gasteiger partial charge is 0.430 e. The second-order valence-electron chi connectivity index (χ2n) is 5.79. The molecule has 3 rings (SSSR count). The van der Waals surface area contributed by atoms with E-state index in [2.05, 4.69) is 11.9 Å². The highest BCUT2D eigenvalue weighted by atomic mass is 32.2. The molecule has 0 aromatic heterocycles. The molecule has 0 atom stereocenters. The van der Waals surface area contributed by atoms with Crippen LogP contribution in [0.1, 0.15) is 12.5 Å². The topological polar surface area (TPSA) is 80.5 Å². The molecule has 0 saturated carbocycles. The lowest BCUT2D eigenvalue weighted by Gasteiger charge is -2.11. The van der Waals surface area contributed by atoms with Crippen LogP contribution in [0.5, 0.6) is 0 Å². The average molecular weight is 447 g/mol. The van der Waals surface area contributed by atoms with Crippen molar-refractivity contribution in [3.63, 3.8) is 0 Å². The fraction of sp³-hybridized carbons (Fsp3) is 0.412. The van der Waals surface area contributed by atoms with Gasteiger partial charge in [0.2, 0.25) is 0 Å². The molecule has 10 heteroatoms. The first-order valence-electron chi connectivity index (χ1n) is 8.20. The molecular formula is C17H22N2O4S4. The summed E-state index contributed by atoms with van der Waals surface area (Å²) in [6.07, 6.45) is 2.03. The summed E-state index contributed by atoms with van der Waals surface area (Å²) in [6.45, 7) is 5.64. The van der Waals surface area contributed by atoms with Crippen LogP contribution in [0.15, 0.2) is 39.1 Å². The number of nitrogens with zero attached hydrogens (tertiary/aromatic N) is 2. The minimum atomic E-state index is -4.27. The van der Waals surface area contributed by atoms with E-state index in [-0.39, 0.29) is 10.8 Å². The van der Waals surface area contributed by atoms with Gasteiger partial charge >= 0.3 is 5.91 Å². The molecule has 1 fully saturated rings. The van der Waals surface area contributed by atoms with Crippen molar-refractivity contribution in [1.29, 1.82) is 0 Å². The fourth-order valence-electron chi connectivity index (χ4n) is 2.39. The highest BCUT2D eigenvalue weighted by Gasteiger charge is 2.40. The SMILES string of the molecule is CC[N+]1=C(SC)SC(=C2SCCN2C)C1=O.Cc1ccc(S(=O)(=O)[O-])cc1. The maximum atomic E-state index is 12.2. The Morgan fingerprint density at radius 3 is 2.33 bits per heavy atom. The number of rotatable bonds is 2. The van der Waals surface area contributed by atoms with Gasteiger partial charge in [0.05, 0.1) is 9.92 Å². The van der Waals surface area contributed by atoms with Crippen LogP contribution in [-0.2, 0) is 14.9 Å². The Labute approximate surface area is 173 Å². The van der Waals surface area contributed by atoms with Crippen molar-refractivity contribution in [3.05, 3.63) is 39.8 Å². The third-order valence-corrected chi connectivity index (χ3v) is 8.30. The van der Waals surface area contributed by atoms with Crippen molar-refractivity contribution in [3.8, 4) is 0 Å². The molecule has 0 N–H and O–H groups in total. The molecule has 1 amide bonds. The Kier molecular flexibility index (Phi) is 7.87. The Morgan fingerprint density at radius 1 is 1.30 bits per heavy atom. The van der Waals surface area contributed by atoms with Crippen LogP contribution in [-0.4, -0.2) is 64.9 Å². The first-order chi connectivity index (χ1) is 12.7. The van der Waals surface area contributed by atoms with Gasteiger partial charge in [-0.2, -0.15) is 0 Å². The van der Waals surface area contributed by atoms with E-state index in [9.17, 15) is 17.8 Å². The zero-order valence-corrected chi connectivity index (χ0v) is 18.9. The number of amides is 1. The first kappa shape index (κ1) is 22.4. The molecule has 6 nitrogen and oxygen atoms in total. The standard InChI is InChI=1S/C10H15N2OS3.C7H8O3S/c1-4-12-8(13)7(16-10(12)14-3)9-11(2)5-6-15-9;1-6-2-4-7(5-3-6)11(8,9)10/h4-6H2,1-3H3;2-5H,1H3,(H,8,9,10)/q+1;/p-1. The number of thioether (sulfide) groups is 3. The van der Waals surface area contributed by atoms with E-state index in [0.29, 0.717) is 0 Å². The van der Waals surface area contributed by atoms with Crippen LogP contribution in [0.2, 0.25) is 0 Å². The lowest BCUT2D eigenvalue weighted by Crippen LogP contribution is -2.20. The highest BCUT2D eigenvalue weighted by molar-refractivity contribution is 8.40. The highest BCUT2D eigenvalue weighted by Crippen LogP contribution is 2.40. The maximum absolute atomic E-state index is 12.2. The Morgan fingerprint density at radius 2 is 1.93 bits per heavy atom. The molecule has 0 bridgehead atoms. The van der Waals surface area contributed by atoms with Crippen molar-refractivity contribution in [2.45, 2.75) is 18.7 Å². The van der Waals surface area contributed by atoms with E-state index in [1.807, 2.05) is 24.7 Å². The van der Waals surface area contributed by atoms with Crippen molar-refractivity contribution >= 4 is 55.7 Å². The van der Waals surface area contributed by atoms with E-state index < -0.39 is 10.1 Å². The average Bonchev–Trinajstić information content (AvgIpc) is 3.17. The molecular weight excluding hydrogens is 424 g/mol. The number of likely N-dealkylation sites (N-methyl/N-ethyl adjacent to an activating group) is 1. The van der Waals surface area contributed by atoms with E-state index in [0.717, 1.165) is 38.7 Å². The quantitative estimate of drug-likeness (QED) is 0.390. The van der Waals surface area contributed by atoms with Crippen molar-refractivity contribution in [1.82, 2.24) is 4.90 Å². The predicted octanol–water partition coefficient (Wildman–Crippen LogP) is 2.76. The van der Waals surface area contributed by atoms with Crippen LogP contribution >= 0.6 is 35.3 Å². The van der Waals surface area contributed by atoms with Gasteiger partial charge in [-0.3, -0.25) is 0 Å². The van der Waals surface area contributed by atoms with E-state index >= 15 is 0 Å². The van der Waals surface area contributed by atoms with E-state index in [1.54, 1.807) is 47.4 Å². The van der Waals surface area contributed by atoms with Gasteiger partial charge in [-0.25, -0.2) is 13.2 Å². The molecule has 0 unspecified atom stereocenters. The lowest BCUT2D eigenvalue weighted by atomic mass is 10.2. The van der Waals surface area contributed by atoms with Crippen LogP contribution in [0.4, 0.5) is 0 Å². The molecule has 0 aliphatic carbocycles. The minimum absolute atomic E-state index is 0.174. The third-order valence-electron chi connectivity index (χ3n) is 3.86. The molecule has 1 saturated heterocycles. The molecule has 27 heavy (non-hydrogen) atoms. The Hall–Kier alpha value is -0.940. The van der Waals surface area contributed by atoms with Gasteiger partial charge in [-0.15, -0.1) is 16.3 Å². The molecule has 1 aromatic carbocycles. The summed E-state index contributed by atoms with van der Waals surface area (Å²) in [5.74, 6) is 1.26. The number of carbonyl (C=O) groups excluding carboxylic acids is 1. The van der Waals surface area contributed by atoms with Crippen molar-refractivity contribution in [2.75, 3.05) is 32.1 Å². The molecule has 2 aliphatic rings. The minimum Gasteiger partial charge on any atom is -0.744 e. The summed E-state index contributed by atoms with van der Waals surface area (Å²) in [4.78, 5) is 15.1. The second-order valence-corrected chi connectivity index (χ2v) is 10.3. The van der Waals surface area contributed by atoms with Gasteiger partial charge in [0, 0.05) is 31.1 Å². The van der Waals surface area contributed by atoms with Gasteiger partial charge < -0.3 is 9.45 Å². The predicted molar refractivity (Wildman–Crippen MR) is 113 cm³/mol. The van der Waals surface area contributed by atoms with Gasteiger partial charge in [-0.05, 0) is 32.2 Å². The number of hydrogen-bond donors (Lipinski definition) is 0. The maximum Gasteiger partial charge on any atom is 0.430 e. The first-order valence-corrected chi connectivity index (χ1v) is 12.6. The molecule has 148 valence electrons. The number of hydrogen-bond acceptors (Lipinski definition) is 8. The molecule has 2 aliphatic heterocycles. The lowest BCUT2D eigenvalue weighted by molar-refractivity contribution is -0.433. The molecule has 1 aromatic rings. The fourth-order valence-corrected chi connectivity index (χ4v) is 6.20. The van der Waals surface area contributed by atoms with Crippen molar-refractivity contribution in [2.24, 2.45) is 0 Å². The summed E-state index contributed by atoms with van der Waals surface area (Å²) in [7, 11) is -2.21. The zero-order valence-electron chi connectivity index (χ0n) is 15.6. The summed E-state index contributed by atoms with van der Waals surface area (Å²) in [5, 5.41) is 1.15. The summed E-state index contributed by atoms with van der Waals surface area (Å²) >= 11 is 5.07. The summed E-state index contributed by atoms with van der Waals surface area (Å²) in [6, 6.07) is 5.78. The normalized spacial score (nSPS) is 20.2. The second kappa shape index (κ2) is 9.51. The monoisotopic (exact) mass is 446 g/mol. The summed E-state index contributed by atoms with van der Waals surface area (Å²) in [5.41, 5.74) is 0.928. The van der Waals surface area contributed by atoms with Crippen LogP contribution in [0, 0.1) is 6.92 Å². The third kappa shape index (κ3) is 5.54. The van der Waals surface area contributed by atoms with Gasteiger partial charge in [0.15, 0.2) is 11.4 Å². The zero-order chi connectivity index (χ0) is 20.2. The molecule has 0 spiro atoms.